The van der Waals surface area contributed by atoms with E-state index in [1.165, 1.54) is 6.07 Å². The minimum atomic E-state index is -0.645. The molecule has 17 heavy (non-hydrogen) atoms. The molecular weight excluding hydrogens is 224 g/mol. The van der Waals surface area contributed by atoms with Crippen molar-refractivity contribution in [3.63, 3.8) is 0 Å². The van der Waals surface area contributed by atoms with E-state index in [-0.39, 0.29) is 0 Å². The van der Waals surface area contributed by atoms with Crippen LogP contribution in [-0.4, -0.2) is 13.2 Å². The lowest BCUT2D eigenvalue weighted by Gasteiger charge is -2.45. The summed E-state index contributed by atoms with van der Waals surface area (Å²) < 4.78 is 32.3. The van der Waals surface area contributed by atoms with Gasteiger partial charge >= 0.3 is 0 Å². The van der Waals surface area contributed by atoms with E-state index in [0.29, 0.717) is 18.8 Å². The number of halogens is 2. The molecule has 0 atom stereocenters. The fourth-order valence-electron chi connectivity index (χ4n) is 2.68. The van der Waals surface area contributed by atoms with Crippen LogP contribution in [0.4, 0.5) is 8.78 Å². The molecular formula is C13H11F2NO. The quantitative estimate of drug-likeness (QED) is 0.789. The normalized spacial score (nSPS) is 23.6. The zero-order chi connectivity index (χ0) is 12.1. The maximum Gasteiger partial charge on any atom is 0.127 e. The van der Waals surface area contributed by atoms with Crippen LogP contribution >= 0.6 is 0 Å². The molecule has 0 amide bonds. The fourth-order valence-corrected chi connectivity index (χ4v) is 2.68. The van der Waals surface area contributed by atoms with Gasteiger partial charge in [-0.3, -0.25) is 0 Å². The van der Waals surface area contributed by atoms with Crippen molar-refractivity contribution in [3.8, 4) is 6.07 Å². The van der Waals surface area contributed by atoms with E-state index in [4.69, 9.17) is 4.74 Å². The van der Waals surface area contributed by atoms with Crippen LogP contribution in [0, 0.1) is 28.4 Å². The van der Waals surface area contributed by atoms with Crippen molar-refractivity contribution >= 4 is 0 Å². The first kappa shape index (κ1) is 10.7. The summed E-state index contributed by atoms with van der Waals surface area (Å²) in [6.45, 7) is 0.613. The number of ether oxygens (including phenoxy) is 1. The lowest BCUT2D eigenvalue weighted by molar-refractivity contribution is -0.0884. The van der Waals surface area contributed by atoms with Crippen molar-refractivity contribution < 1.29 is 13.5 Å². The molecule has 0 bridgehead atoms. The number of hydrogen-bond acceptors (Lipinski definition) is 2. The predicted octanol–water partition coefficient (Wildman–Crippen LogP) is 2.54. The van der Waals surface area contributed by atoms with Crippen LogP contribution in [0.2, 0.25) is 0 Å². The number of hydrogen-bond donors (Lipinski definition) is 0. The van der Waals surface area contributed by atoms with E-state index in [9.17, 15) is 14.0 Å². The Balaban J connectivity index is 2.13. The molecule has 1 aliphatic carbocycles. The second-order valence-electron chi connectivity index (χ2n) is 4.89. The fraction of sp³-hybridized carbons (Fsp3) is 0.462. The number of nitriles is 1. The molecule has 2 aliphatic rings. The average molecular weight is 235 g/mol. The highest BCUT2D eigenvalue weighted by Crippen LogP contribution is 2.62. The van der Waals surface area contributed by atoms with Crippen LogP contribution in [0.25, 0.3) is 0 Å². The van der Waals surface area contributed by atoms with Crippen LogP contribution in [0.1, 0.15) is 18.4 Å². The van der Waals surface area contributed by atoms with Gasteiger partial charge in [0.25, 0.3) is 0 Å². The van der Waals surface area contributed by atoms with Crippen LogP contribution in [-0.2, 0) is 10.2 Å². The van der Waals surface area contributed by atoms with E-state index in [2.05, 4.69) is 6.07 Å². The van der Waals surface area contributed by atoms with E-state index >= 15 is 0 Å². The van der Waals surface area contributed by atoms with Gasteiger partial charge < -0.3 is 4.74 Å². The Morgan fingerprint density at radius 2 is 1.94 bits per heavy atom. The molecule has 88 valence electrons. The zero-order valence-corrected chi connectivity index (χ0v) is 9.17. The van der Waals surface area contributed by atoms with Gasteiger partial charge in [-0.15, -0.1) is 0 Å². The molecule has 2 nitrogen and oxygen atoms in total. The van der Waals surface area contributed by atoms with E-state index in [1.807, 2.05) is 0 Å². The monoisotopic (exact) mass is 235 g/mol. The van der Waals surface area contributed by atoms with Gasteiger partial charge in [0.05, 0.1) is 30.1 Å². The number of benzene rings is 1. The Bertz CT molecular complexity index is 513. The zero-order valence-electron chi connectivity index (χ0n) is 9.17. The molecule has 1 aliphatic heterocycles. The summed E-state index contributed by atoms with van der Waals surface area (Å²) in [7, 11) is 0. The van der Waals surface area contributed by atoms with Crippen LogP contribution in [0.15, 0.2) is 18.2 Å². The molecule has 1 saturated carbocycles. The summed E-state index contributed by atoms with van der Waals surface area (Å²) in [5, 5.41) is 9.26. The van der Waals surface area contributed by atoms with Gasteiger partial charge in [0.2, 0.25) is 0 Å². The van der Waals surface area contributed by atoms with Gasteiger partial charge in [0, 0.05) is 5.56 Å². The summed E-state index contributed by atoms with van der Waals surface area (Å²) in [5.41, 5.74) is -0.906. The third-order valence-electron chi connectivity index (χ3n) is 4.02. The molecule has 1 saturated heterocycles. The Kier molecular flexibility index (Phi) is 2.05. The Morgan fingerprint density at radius 3 is 2.41 bits per heavy atom. The molecule has 0 aromatic heterocycles. The highest BCUT2D eigenvalue weighted by molar-refractivity contribution is 5.40. The molecule has 1 heterocycles. The first-order valence-electron chi connectivity index (χ1n) is 5.58. The lowest BCUT2D eigenvalue weighted by atomic mass is 9.66. The molecule has 3 rings (SSSR count). The van der Waals surface area contributed by atoms with E-state index in [1.54, 1.807) is 0 Å². The molecule has 0 radical (unpaired) electrons. The first-order valence-corrected chi connectivity index (χ1v) is 5.58. The molecule has 1 aromatic carbocycles. The Hall–Kier alpha value is -1.47. The highest BCUT2D eigenvalue weighted by atomic mass is 19.1. The molecule has 1 aromatic rings. The van der Waals surface area contributed by atoms with Crippen molar-refractivity contribution in [2.24, 2.45) is 5.41 Å². The maximum absolute atomic E-state index is 13.8. The maximum atomic E-state index is 13.8. The molecule has 0 spiro atoms. The lowest BCUT2D eigenvalue weighted by Crippen LogP contribution is -2.53. The van der Waals surface area contributed by atoms with Gasteiger partial charge in [0.1, 0.15) is 11.6 Å². The van der Waals surface area contributed by atoms with Crippen molar-refractivity contribution in [2.75, 3.05) is 13.2 Å². The number of nitrogens with zero attached hydrogens (tertiary/aromatic N) is 1. The third-order valence-corrected chi connectivity index (χ3v) is 4.02. The van der Waals surface area contributed by atoms with Crippen molar-refractivity contribution in [2.45, 2.75) is 18.3 Å². The largest absolute Gasteiger partial charge is 0.379 e. The summed E-state index contributed by atoms with van der Waals surface area (Å²) in [5.74, 6) is -0.919. The average Bonchev–Trinajstić information content (AvgIpc) is 3.03. The van der Waals surface area contributed by atoms with Crippen molar-refractivity contribution in [1.29, 1.82) is 5.26 Å². The predicted molar refractivity (Wildman–Crippen MR) is 56.1 cm³/mol. The molecule has 0 unspecified atom stereocenters. The van der Waals surface area contributed by atoms with Gasteiger partial charge in [-0.25, -0.2) is 8.78 Å². The van der Waals surface area contributed by atoms with Crippen molar-refractivity contribution in [1.82, 2.24) is 0 Å². The topological polar surface area (TPSA) is 33.0 Å². The molecule has 2 fully saturated rings. The SMILES string of the molecule is N#CC1(C2(c3cc(F)ccc3F)COC2)CC1. The summed E-state index contributed by atoms with van der Waals surface area (Å²) in [4.78, 5) is 0. The van der Waals surface area contributed by atoms with Crippen LogP contribution in [0.5, 0.6) is 0 Å². The van der Waals surface area contributed by atoms with Gasteiger partial charge in [-0.05, 0) is 31.0 Å². The second-order valence-corrected chi connectivity index (χ2v) is 4.89. The van der Waals surface area contributed by atoms with Crippen molar-refractivity contribution in [3.05, 3.63) is 35.4 Å². The summed E-state index contributed by atoms with van der Waals surface area (Å²) in [6, 6.07) is 5.69. The minimum absolute atomic E-state index is 0.294. The highest BCUT2D eigenvalue weighted by Gasteiger charge is 2.65. The smallest absolute Gasteiger partial charge is 0.127 e. The van der Waals surface area contributed by atoms with E-state index in [0.717, 1.165) is 25.0 Å². The van der Waals surface area contributed by atoms with Gasteiger partial charge in [-0.2, -0.15) is 5.26 Å². The summed E-state index contributed by atoms with van der Waals surface area (Å²) in [6.07, 6.45) is 1.48. The van der Waals surface area contributed by atoms with Crippen LogP contribution < -0.4 is 0 Å². The standard InChI is InChI=1S/C13H11F2NO/c14-9-1-2-11(15)10(5-9)13(7-17-8-13)12(6-16)3-4-12/h1-2,5H,3-4,7-8H2. The first-order chi connectivity index (χ1) is 8.13. The minimum Gasteiger partial charge on any atom is -0.379 e. The van der Waals surface area contributed by atoms with Crippen LogP contribution in [0.3, 0.4) is 0 Å². The summed E-state index contributed by atoms with van der Waals surface area (Å²) >= 11 is 0. The molecule has 4 heteroatoms. The van der Waals surface area contributed by atoms with Gasteiger partial charge in [0.15, 0.2) is 0 Å². The third kappa shape index (κ3) is 1.26. The Labute approximate surface area is 97.8 Å². The molecule has 0 N–H and O–H groups in total. The second kappa shape index (κ2) is 3.27. The van der Waals surface area contributed by atoms with Gasteiger partial charge in [-0.1, -0.05) is 0 Å². The Morgan fingerprint density at radius 1 is 1.24 bits per heavy atom. The number of rotatable bonds is 2. The van der Waals surface area contributed by atoms with E-state index < -0.39 is 22.5 Å².